The van der Waals surface area contributed by atoms with Crippen molar-refractivity contribution in [3.63, 3.8) is 0 Å². The Hall–Kier alpha value is -1.75. The van der Waals surface area contributed by atoms with Gasteiger partial charge in [-0.05, 0) is 37.0 Å². The van der Waals surface area contributed by atoms with Crippen LogP contribution < -0.4 is 5.32 Å². The van der Waals surface area contributed by atoms with Crippen molar-refractivity contribution in [3.8, 4) is 0 Å². The van der Waals surface area contributed by atoms with Crippen LogP contribution in [0.2, 0.25) is 0 Å². The summed E-state index contributed by atoms with van der Waals surface area (Å²) in [5.41, 5.74) is 2.13. The number of carbonyl (C=O) groups is 1. The molecular formula is C13H13N3OS. The zero-order valence-corrected chi connectivity index (χ0v) is 10.7. The Morgan fingerprint density at radius 2 is 2.17 bits per heavy atom. The molecule has 5 heteroatoms. The van der Waals surface area contributed by atoms with Gasteiger partial charge in [0.05, 0.1) is 12.1 Å². The molecule has 0 aliphatic heterocycles. The summed E-state index contributed by atoms with van der Waals surface area (Å²) >= 11 is 1.61. The highest BCUT2D eigenvalue weighted by Crippen LogP contribution is 2.30. The lowest BCUT2D eigenvalue weighted by Crippen LogP contribution is -2.14. The van der Waals surface area contributed by atoms with E-state index in [0.29, 0.717) is 6.42 Å². The van der Waals surface area contributed by atoms with Gasteiger partial charge in [0.2, 0.25) is 5.91 Å². The number of hydrogen-bond donors (Lipinski definition) is 1. The SMILES string of the molecule is O=C(Cc1ccncc1)Nc1nc2c(s1)CCC2. The predicted molar refractivity (Wildman–Crippen MR) is 70.7 cm³/mol. The number of aromatic nitrogens is 2. The number of nitrogens with one attached hydrogen (secondary N) is 1. The van der Waals surface area contributed by atoms with Crippen LogP contribution in [-0.4, -0.2) is 15.9 Å². The van der Waals surface area contributed by atoms with Crippen molar-refractivity contribution in [1.82, 2.24) is 9.97 Å². The molecule has 0 bridgehead atoms. The van der Waals surface area contributed by atoms with E-state index in [1.54, 1.807) is 23.7 Å². The minimum absolute atomic E-state index is 0.0198. The van der Waals surface area contributed by atoms with Crippen LogP contribution in [0.5, 0.6) is 0 Å². The Bertz CT molecular complexity index is 543. The third-order valence-electron chi connectivity index (χ3n) is 2.96. The van der Waals surface area contributed by atoms with Crippen LogP contribution in [-0.2, 0) is 24.1 Å². The minimum Gasteiger partial charge on any atom is -0.302 e. The van der Waals surface area contributed by atoms with E-state index in [-0.39, 0.29) is 5.91 Å². The fourth-order valence-corrected chi connectivity index (χ4v) is 3.16. The summed E-state index contributed by atoms with van der Waals surface area (Å²) in [4.78, 5) is 21.5. The Balaban J connectivity index is 1.64. The summed E-state index contributed by atoms with van der Waals surface area (Å²) in [6.45, 7) is 0. The van der Waals surface area contributed by atoms with Crippen LogP contribution >= 0.6 is 11.3 Å². The van der Waals surface area contributed by atoms with Crippen LogP contribution in [0.25, 0.3) is 0 Å². The van der Waals surface area contributed by atoms with Crippen LogP contribution in [0.15, 0.2) is 24.5 Å². The van der Waals surface area contributed by atoms with Gasteiger partial charge in [0.25, 0.3) is 0 Å². The Morgan fingerprint density at radius 1 is 1.33 bits per heavy atom. The smallest absolute Gasteiger partial charge is 0.230 e. The summed E-state index contributed by atoms with van der Waals surface area (Å²) < 4.78 is 0. The summed E-state index contributed by atoms with van der Waals surface area (Å²) in [6.07, 6.45) is 7.10. The van der Waals surface area contributed by atoms with Gasteiger partial charge in [-0.25, -0.2) is 4.98 Å². The van der Waals surface area contributed by atoms with E-state index in [0.717, 1.165) is 23.5 Å². The number of carbonyl (C=O) groups excluding carboxylic acids is 1. The van der Waals surface area contributed by atoms with Gasteiger partial charge in [0, 0.05) is 17.3 Å². The lowest BCUT2D eigenvalue weighted by atomic mass is 10.2. The number of thiazole rings is 1. The molecule has 1 amide bonds. The standard InChI is InChI=1S/C13H13N3OS/c17-12(8-9-4-6-14-7-5-9)16-13-15-10-2-1-3-11(10)18-13/h4-7H,1-3,8H2,(H,15,16,17). The van der Waals surface area contributed by atoms with Gasteiger partial charge in [0.1, 0.15) is 0 Å². The molecule has 2 aromatic rings. The number of rotatable bonds is 3. The van der Waals surface area contributed by atoms with E-state index in [2.05, 4.69) is 15.3 Å². The number of pyridine rings is 1. The third kappa shape index (κ3) is 2.41. The highest BCUT2D eigenvalue weighted by Gasteiger charge is 2.17. The summed E-state index contributed by atoms with van der Waals surface area (Å²) in [7, 11) is 0. The first-order chi connectivity index (χ1) is 8.81. The van der Waals surface area contributed by atoms with Crippen molar-refractivity contribution < 1.29 is 4.79 Å². The van der Waals surface area contributed by atoms with Crippen molar-refractivity contribution in [1.29, 1.82) is 0 Å². The molecule has 0 radical (unpaired) electrons. The number of amides is 1. The Morgan fingerprint density at radius 3 is 2.94 bits per heavy atom. The van der Waals surface area contributed by atoms with Gasteiger partial charge in [-0.15, -0.1) is 11.3 Å². The van der Waals surface area contributed by atoms with Crippen molar-refractivity contribution in [2.75, 3.05) is 5.32 Å². The van der Waals surface area contributed by atoms with Gasteiger partial charge in [-0.3, -0.25) is 9.78 Å². The van der Waals surface area contributed by atoms with E-state index in [4.69, 9.17) is 0 Å². The third-order valence-corrected chi connectivity index (χ3v) is 4.03. The number of fused-ring (bicyclic) bond motifs is 1. The van der Waals surface area contributed by atoms with Gasteiger partial charge in [-0.2, -0.15) is 0 Å². The molecule has 0 unspecified atom stereocenters. The molecule has 0 saturated carbocycles. The van der Waals surface area contributed by atoms with Gasteiger partial charge >= 0.3 is 0 Å². The van der Waals surface area contributed by atoms with Gasteiger partial charge in [-0.1, -0.05) is 0 Å². The number of anilines is 1. The molecule has 2 aromatic heterocycles. The summed E-state index contributed by atoms with van der Waals surface area (Å²) in [5, 5.41) is 3.60. The molecule has 2 heterocycles. The Kier molecular flexibility index (Phi) is 3.06. The van der Waals surface area contributed by atoms with Crippen molar-refractivity contribution >= 4 is 22.4 Å². The molecule has 1 aliphatic rings. The molecule has 3 rings (SSSR count). The molecule has 92 valence electrons. The lowest BCUT2D eigenvalue weighted by molar-refractivity contribution is -0.115. The average molecular weight is 259 g/mol. The summed E-state index contributed by atoms with van der Waals surface area (Å²) in [6, 6.07) is 3.70. The van der Waals surface area contributed by atoms with Crippen molar-refractivity contribution in [3.05, 3.63) is 40.7 Å². The second-order valence-electron chi connectivity index (χ2n) is 4.32. The lowest BCUT2D eigenvalue weighted by Gasteiger charge is -2.01. The van der Waals surface area contributed by atoms with E-state index < -0.39 is 0 Å². The quantitative estimate of drug-likeness (QED) is 0.919. The molecule has 1 N–H and O–H groups in total. The first-order valence-electron chi connectivity index (χ1n) is 5.98. The maximum absolute atomic E-state index is 11.8. The first kappa shape index (κ1) is 11.3. The second-order valence-corrected chi connectivity index (χ2v) is 5.41. The zero-order valence-electron chi connectivity index (χ0n) is 9.85. The highest BCUT2D eigenvalue weighted by atomic mass is 32.1. The molecular weight excluding hydrogens is 246 g/mol. The fourth-order valence-electron chi connectivity index (χ4n) is 2.09. The molecule has 0 saturated heterocycles. The maximum Gasteiger partial charge on any atom is 0.230 e. The Labute approximate surface area is 109 Å². The number of nitrogens with zero attached hydrogens (tertiary/aromatic N) is 2. The molecule has 0 aromatic carbocycles. The molecule has 18 heavy (non-hydrogen) atoms. The van der Waals surface area contributed by atoms with E-state index in [1.165, 1.54) is 17.0 Å². The molecule has 4 nitrogen and oxygen atoms in total. The normalized spacial score (nSPS) is 13.3. The predicted octanol–water partition coefficient (Wildman–Crippen LogP) is 2.21. The molecule has 0 atom stereocenters. The van der Waals surface area contributed by atoms with Crippen molar-refractivity contribution in [2.24, 2.45) is 0 Å². The molecule has 0 fully saturated rings. The zero-order chi connectivity index (χ0) is 12.4. The number of hydrogen-bond acceptors (Lipinski definition) is 4. The van der Waals surface area contributed by atoms with E-state index in [1.807, 2.05) is 12.1 Å². The average Bonchev–Trinajstić information content (AvgIpc) is 2.90. The molecule has 0 spiro atoms. The van der Waals surface area contributed by atoms with Crippen LogP contribution in [0.3, 0.4) is 0 Å². The minimum atomic E-state index is -0.0198. The first-order valence-corrected chi connectivity index (χ1v) is 6.80. The van der Waals surface area contributed by atoms with Crippen molar-refractivity contribution in [2.45, 2.75) is 25.7 Å². The molecule has 1 aliphatic carbocycles. The number of aryl methyl sites for hydroxylation is 2. The van der Waals surface area contributed by atoms with Gasteiger partial charge < -0.3 is 5.32 Å². The summed E-state index contributed by atoms with van der Waals surface area (Å²) in [5.74, 6) is -0.0198. The van der Waals surface area contributed by atoms with Crippen LogP contribution in [0.4, 0.5) is 5.13 Å². The fraction of sp³-hybridized carbons (Fsp3) is 0.308. The van der Waals surface area contributed by atoms with Gasteiger partial charge in [0.15, 0.2) is 5.13 Å². The largest absolute Gasteiger partial charge is 0.302 e. The second kappa shape index (κ2) is 4.86. The van der Waals surface area contributed by atoms with Crippen LogP contribution in [0, 0.1) is 0 Å². The monoisotopic (exact) mass is 259 g/mol. The topological polar surface area (TPSA) is 54.9 Å². The maximum atomic E-state index is 11.8. The van der Waals surface area contributed by atoms with E-state index >= 15 is 0 Å². The highest BCUT2D eigenvalue weighted by molar-refractivity contribution is 7.15. The van der Waals surface area contributed by atoms with E-state index in [9.17, 15) is 4.79 Å². The van der Waals surface area contributed by atoms with Crippen LogP contribution in [0.1, 0.15) is 22.6 Å².